The van der Waals surface area contributed by atoms with Gasteiger partial charge < -0.3 is 24.7 Å². The summed E-state index contributed by atoms with van der Waals surface area (Å²) in [6.07, 6.45) is 0.648. The molecule has 154 valence electrons. The van der Waals surface area contributed by atoms with Crippen LogP contribution < -0.4 is 15.6 Å². The van der Waals surface area contributed by atoms with Gasteiger partial charge in [-0.2, -0.15) is 0 Å². The van der Waals surface area contributed by atoms with Gasteiger partial charge in [-0.3, -0.25) is 9.59 Å². The number of aromatic amines is 1. The molecule has 2 N–H and O–H groups in total. The van der Waals surface area contributed by atoms with Crippen LogP contribution in [0.15, 0.2) is 29.1 Å². The van der Waals surface area contributed by atoms with E-state index in [9.17, 15) is 9.59 Å². The largest absolute Gasteiger partial charge is 0.497 e. The normalized spacial score (nSPS) is 11.1. The number of nitrogens with one attached hydrogen (secondary N) is 2. The van der Waals surface area contributed by atoms with E-state index in [1.807, 2.05) is 18.2 Å². The number of pyridine rings is 1. The van der Waals surface area contributed by atoms with Gasteiger partial charge in [-0.05, 0) is 43.8 Å². The Morgan fingerprint density at radius 3 is 2.68 bits per heavy atom. The molecule has 0 radical (unpaired) electrons. The molecule has 1 aromatic heterocycles. The summed E-state index contributed by atoms with van der Waals surface area (Å²) in [5, 5.41) is 3.72. The highest BCUT2D eigenvalue weighted by Gasteiger charge is 2.07. The molecule has 1 heterocycles. The average molecular weight is 389 g/mol. The second-order valence-electron chi connectivity index (χ2n) is 6.57. The molecule has 2 rings (SSSR count). The predicted octanol–water partition coefficient (Wildman–Crippen LogP) is 1.94. The molecule has 0 bridgehead atoms. The third kappa shape index (κ3) is 6.65. The Hall–Kier alpha value is -2.38. The van der Waals surface area contributed by atoms with Gasteiger partial charge >= 0.3 is 0 Å². The Morgan fingerprint density at radius 2 is 1.96 bits per heavy atom. The van der Waals surface area contributed by atoms with Crippen molar-refractivity contribution in [1.82, 2.24) is 15.2 Å². The van der Waals surface area contributed by atoms with Crippen LogP contribution in [0.5, 0.6) is 5.75 Å². The Labute approximate surface area is 166 Å². The van der Waals surface area contributed by atoms with Crippen LogP contribution in [0.3, 0.4) is 0 Å². The second-order valence-corrected chi connectivity index (χ2v) is 6.57. The van der Waals surface area contributed by atoms with Crippen molar-refractivity contribution in [2.45, 2.75) is 26.7 Å². The number of rotatable bonds is 12. The first-order chi connectivity index (χ1) is 13.6. The third-order valence-electron chi connectivity index (χ3n) is 4.76. The summed E-state index contributed by atoms with van der Waals surface area (Å²) in [6.45, 7) is 8.80. The summed E-state index contributed by atoms with van der Waals surface area (Å²) in [7, 11) is 1.60. The minimum Gasteiger partial charge on any atom is -0.497 e. The summed E-state index contributed by atoms with van der Waals surface area (Å²) in [5.74, 6) is 0.640. The third-order valence-corrected chi connectivity index (χ3v) is 4.76. The van der Waals surface area contributed by atoms with Crippen LogP contribution in [0.2, 0.25) is 0 Å². The number of benzene rings is 1. The van der Waals surface area contributed by atoms with E-state index >= 15 is 0 Å². The number of hydrogen-bond acceptors (Lipinski definition) is 5. The van der Waals surface area contributed by atoms with Gasteiger partial charge in [0.1, 0.15) is 5.75 Å². The molecule has 0 aliphatic heterocycles. The molecule has 0 spiro atoms. The number of amides is 1. The average Bonchev–Trinajstić information content (AvgIpc) is 2.71. The lowest BCUT2D eigenvalue weighted by molar-refractivity contribution is -0.121. The molecule has 0 unspecified atom stereocenters. The van der Waals surface area contributed by atoms with Gasteiger partial charge in [0, 0.05) is 36.0 Å². The summed E-state index contributed by atoms with van der Waals surface area (Å²) >= 11 is 0. The van der Waals surface area contributed by atoms with E-state index in [4.69, 9.17) is 9.47 Å². The molecular weight excluding hydrogens is 358 g/mol. The van der Waals surface area contributed by atoms with Gasteiger partial charge in [-0.25, -0.2) is 0 Å². The van der Waals surface area contributed by atoms with E-state index in [1.165, 1.54) is 0 Å². The standard InChI is InChI=1S/C21H31N3O4/c1-4-24(5-2)11-13-28-12-10-22-20(25)9-6-16-14-17-15-18(27-3)7-8-19(17)23-21(16)26/h7-8,14-15H,4-6,9-13H2,1-3H3,(H,22,25)(H,23,26). The number of hydrogen-bond donors (Lipinski definition) is 2. The highest BCUT2D eigenvalue weighted by atomic mass is 16.5. The summed E-state index contributed by atoms with van der Waals surface area (Å²) < 4.78 is 10.8. The number of nitrogens with zero attached hydrogens (tertiary/aromatic N) is 1. The Balaban J connectivity index is 1.75. The first-order valence-corrected chi connectivity index (χ1v) is 9.84. The maximum absolute atomic E-state index is 12.2. The van der Waals surface area contributed by atoms with E-state index < -0.39 is 0 Å². The molecule has 28 heavy (non-hydrogen) atoms. The lowest BCUT2D eigenvalue weighted by atomic mass is 10.1. The second kappa shape index (κ2) is 11.5. The van der Waals surface area contributed by atoms with E-state index in [0.717, 1.165) is 36.3 Å². The molecule has 1 amide bonds. The van der Waals surface area contributed by atoms with Crippen molar-refractivity contribution in [2.24, 2.45) is 0 Å². The number of carbonyl (C=O) groups excluding carboxylic acids is 1. The van der Waals surface area contributed by atoms with Crippen molar-refractivity contribution in [3.05, 3.63) is 40.2 Å². The number of methoxy groups -OCH3 is 1. The summed E-state index contributed by atoms with van der Waals surface area (Å²) in [4.78, 5) is 29.4. The van der Waals surface area contributed by atoms with E-state index in [1.54, 1.807) is 13.2 Å². The number of aromatic nitrogens is 1. The summed E-state index contributed by atoms with van der Waals surface area (Å²) in [6, 6.07) is 7.30. The molecule has 2 aromatic rings. The lowest BCUT2D eigenvalue weighted by Crippen LogP contribution is -2.30. The maximum Gasteiger partial charge on any atom is 0.251 e. The predicted molar refractivity (Wildman–Crippen MR) is 111 cm³/mol. The van der Waals surface area contributed by atoms with Crippen molar-refractivity contribution in [2.75, 3.05) is 46.5 Å². The first-order valence-electron chi connectivity index (χ1n) is 9.84. The van der Waals surface area contributed by atoms with Gasteiger partial charge in [-0.15, -0.1) is 0 Å². The monoisotopic (exact) mass is 389 g/mol. The highest BCUT2D eigenvalue weighted by Crippen LogP contribution is 2.19. The molecule has 0 saturated heterocycles. The Morgan fingerprint density at radius 1 is 1.18 bits per heavy atom. The number of H-pyrrole nitrogens is 1. The molecule has 0 fully saturated rings. The minimum atomic E-state index is -0.162. The molecule has 0 atom stereocenters. The van der Waals surface area contributed by atoms with Crippen molar-refractivity contribution >= 4 is 16.8 Å². The van der Waals surface area contributed by atoms with Crippen LogP contribution in [0, 0.1) is 0 Å². The lowest BCUT2D eigenvalue weighted by Gasteiger charge is -2.17. The molecule has 7 nitrogen and oxygen atoms in total. The van der Waals surface area contributed by atoms with Gasteiger partial charge in [-0.1, -0.05) is 13.8 Å². The van der Waals surface area contributed by atoms with Gasteiger partial charge in [0.2, 0.25) is 5.91 Å². The zero-order valence-electron chi connectivity index (χ0n) is 17.0. The molecule has 7 heteroatoms. The van der Waals surface area contributed by atoms with Crippen molar-refractivity contribution in [1.29, 1.82) is 0 Å². The van der Waals surface area contributed by atoms with Crippen molar-refractivity contribution in [3.8, 4) is 5.75 Å². The van der Waals surface area contributed by atoms with Crippen LogP contribution in [0.4, 0.5) is 0 Å². The SMILES string of the molecule is CCN(CC)CCOCCNC(=O)CCc1cc2cc(OC)ccc2[nH]c1=O. The highest BCUT2D eigenvalue weighted by molar-refractivity contribution is 5.81. The number of fused-ring (bicyclic) bond motifs is 1. The minimum absolute atomic E-state index is 0.0857. The fraction of sp³-hybridized carbons (Fsp3) is 0.524. The van der Waals surface area contributed by atoms with Gasteiger partial charge in [0.15, 0.2) is 0 Å². The topological polar surface area (TPSA) is 83.7 Å². The fourth-order valence-corrected chi connectivity index (χ4v) is 2.98. The Kier molecular flexibility index (Phi) is 8.97. The zero-order chi connectivity index (χ0) is 20.4. The van der Waals surface area contributed by atoms with Crippen molar-refractivity contribution in [3.63, 3.8) is 0 Å². The van der Waals surface area contributed by atoms with Crippen LogP contribution in [-0.2, 0) is 16.0 Å². The van der Waals surface area contributed by atoms with Crippen LogP contribution >= 0.6 is 0 Å². The van der Waals surface area contributed by atoms with E-state index in [-0.39, 0.29) is 17.9 Å². The smallest absolute Gasteiger partial charge is 0.251 e. The fourth-order valence-electron chi connectivity index (χ4n) is 2.98. The number of likely N-dealkylation sites (N-methyl/N-ethyl adjacent to an activating group) is 1. The number of carbonyl (C=O) groups is 1. The van der Waals surface area contributed by atoms with Crippen LogP contribution in [-0.4, -0.2) is 62.3 Å². The molecule has 1 aromatic carbocycles. The Bertz CT molecular complexity index is 815. The molecule has 0 aliphatic carbocycles. The summed E-state index contributed by atoms with van der Waals surface area (Å²) in [5.41, 5.74) is 1.18. The molecule has 0 saturated carbocycles. The van der Waals surface area contributed by atoms with E-state index in [2.05, 4.69) is 29.0 Å². The number of aryl methyl sites for hydroxylation is 1. The van der Waals surface area contributed by atoms with Gasteiger partial charge in [0.05, 0.1) is 20.3 Å². The van der Waals surface area contributed by atoms with Crippen molar-refractivity contribution < 1.29 is 14.3 Å². The molecular formula is C21H31N3O4. The number of ether oxygens (including phenoxy) is 2. The van der Waals surface area contributed by atoms with Gasteiger partial charge in [0.25, 0.3) is 5.56 Å². The van der Waals surface area contributed by atoms with E-state index in [0.29, 0.717) is 31.7 Å². The zero-order valence-corrected chi connectivity index (χ0v) is 17.0. The van der Waals surface area contributed by atoms with Crippen LogP contribution in [0.25, 0.3) is 10.9 Å². The first kappa shape index (κ1) is 21.9. The maximum atomic E-state index is 12.2. The quantitative estimate of drug-likeness (QED) is 0.542. The molecule has 0 aliphatic rings. The van der Waals surface area contributed by atoms with Crippen LogP contribution in [0.1, 0.15) is 25.8 Å².